The predicted octanol–water partition coefficient (Wildman–Crippen LogP) is 5.28. The number of aliphatic imine (C=N–C) groups is 1. The van der Waals surface area contributed by atoms with Gasteiger partial charge in [0.15, 0.2) is 6.04 Å². The minimum Gasteiger partial charge on any atom is -0.461 e. The molecule has 0 unspecified atom stereocenters. The number of hydrogen-bond acceptors (Lipinski definition) is 6. The van der Waals surface area contributed by atoms with E-state index in [0.29, 0.717) is 11.3 Å². The number of amides is 1. The van der Waals surface area contributed by atoms with Gasteiger partial charge in [0.1, 0.15) is 0 Å². The number of hydrogen-bond donors (Lipinski definition) is 0. The Morgan fingerprint density at radius 2 is 1.62 bits per heavy atom. The predicted molar refractivity (Wildman–Crippen MR) is 161 cm³/mol. The molecule has 206 valence electrons. The van der Waals surface area contributed by atoms with Gasteiger partial charge in [0.05, 0.1) is 29.5 Å². The van der Waals surface area contributed by atoms with Crippen molar-refractivity contribution in [1.29, 1.82) is 0 Å². The minimum atomic E-state index is -2.88. The molecule has 1 aliphatic heterocycles. The maximum absolute atomic E-state index is 13.7. The molecule has 0 bridgehead atoms. The largest absolute Gasteiger partial charge is 0.461 e. The average molecular weight is 563 g/mol. The number of thiophene rings is 1. The van der Waals surface area contributed by atoms with Crippen molar-refractivity contribution in [2.24, 2.45) is 4.99 Å². The Morgan fingerprint density at radius 1 is 1.03 bits per heavy atom. The van der Waals surface area contributed by atoms with Gasteiger partial charge in [-0.1, -0.05) is 87.5 Å². The van der Waals surface area contributed by atoms with Crippen LogP contribution in [-0.2, 0) is 14.0 Å². The fourth-order valence-electron chi connectivity index (χ4n) is 5.28. The molecular formula is C31H38N2O4SSi. The molecule has 0 spiro atoms. The molecule has 0 saturated heterocycles. The Bertz CT molecular complexity index is 1250. The second-order valence-corrected chi connectivity index (χ2v) is 16.8. The zero-order chi connectivity index (χ0) is 28.3. The average Bonchev–Trinajstić information content (AvgIpc) is 3.44. The molecule has 6 nitrogen and oxygen atoms in total. The van der Waals surface area contributed by atoms with E-state index in [2.05, 4.69) is 74.3 Å². The fourth-order valence-corrected chi connectivity index (χ4v) is 10.6. The van der Waals surface area contributed by atoms with E-state index < -0.39 is 19.9 Å². The van der Waals surface area contributed by atoms with Crippen molar-refractivity contribution in [3.05, 3.63) is 83.1 Å². The third-order valence-electron chi connectivity index (χ3n) is 7.17. The highest BCUT2D eigenvalue weighted by molar-refractivity contribution is 7.12. The van der Waals surface area contributed by atoms with Gasteiger partial charge in [0, 0.05) is 6.42 Å². The second kappa shape index (κ2) is 11.6. The summed E-state index contributed by atoms with van der Waals surface area (Å²) in [4.78, 5) is 33.3. The third-order valence-corrected chi connectivity index (χ3v) is 13.0. The molecule has 0 saturated carbocycles. The van der Waals surface area contributed by atoms with Crippen LogP contribution in [0, 0.1) is 0 Å². The lowest BCUT2D eigenvalue weighted by Crippen LogP contribution is -2.69. The van der Waals surface area contributed by atoms with Crippen LogP contribution >= 0.6 is 11.3 Å². The van der Waals surface area contributed by atoms with E-state index in [0.717, 1.165) is 10.4 Å². The molecule has 1 aromatic heterocycles. The second-order valence-electron chi connectivity index (χ2n) is 11.6. The number of nitrogens with zero attached hydrogens (tertiary/aromatic N) is 2. The molecule has 2 aromatic carbocycles. The topological polar surface area (TPSA) is 68.2 Å². The van der Waals surface area contributed by atoms with E-state index in [1.54, 1.807) is 4.90 Å². The number of esters is 1. The normalized spacial score (nSPS) is 19.8. The highest BCUT2D eigenvalue weighted by Crippen LogP contribution is 2.39. The molecule has 8 heteroatoms. The summed E-state index contributed by atoms with van der Waals surface area (Å²) < 4.78 is 12.8. The third kappa shape index (κ3) is 5.93. The van der Waals surface area contributed by atoms with Gasteiger partial charge in [-0.25, -0.2) is 4.79 Å². The van der Waals surface area contributed by atoms with E-state index >= 15 is 0 Å². The summed E-state index contributed by atoms with van der Waals surface area (Å²) in [5.41, 5.74) is -0.837. The molecule has 0 radical (unpaired) electrons. The lowest BCUT2D eigenvalue weighted by atomic mass is 9.90. The van der Waals surface area contributed by atoms with Crippen molar-refractivity contribution in [3.8, 4) is 0 Å². The van der Waals surface area contributed by atoms with Crippen molar-refractivity contribution in [3.63, 3.8) is 0 Å². The highest BCUT2D eigenvalue weighted by atomic mass is 32.1. The number of carbonyl (C=O) groups is 2. The summed E-state index contributed by atoms with van der Waals surface area (Å²) in [6.07, 6.45) is 1.55. The lowest BCUT2D eigenvalue weighted by Gasteiger charge is -2.48. The molecule has 1 aliphatic rings. The molecular weight excluding hydrogens is 525 g/mol. The van der Waals surface area contributed by atoms with Gasteiger partial charge in [-0.3, -0.25) is 14.7 Å². The van der Waals surface area contributed by atoms with Crippen LogP contribution in [-0.4, -0.2) is 55.7 Å². The maximum Gasteiger partial charge on any atom is 0.331 e. The van der Waals surface area contributed by atoms with Crippen molar-refractivity contribution in [2.75, 3.05) is 6.61 Å². The first-order chi connectivity index (χ1) is 18.5. The van der Waals surface area contributed by atoms with Crippen LogP contribution in [0.2, 0.25) is 5.04 Å². The first-order valence-corrected chi connectivity index (χ1v) is 16.1. The van der Waals surface area contributed by atoms with Crippen LogP contribution in [0.5, 0.6) is 0 Å². The molecule has 2 heterocycles. The van der Waals surface area contributed by atoms with Crippen LogP contribution in [0.4, 0.5) is 0 Å². The van der Waals surface area contributed by atoms with Crippen molar-refractivity contribution in [1.82, 2.24) is 4.90 Å². The van der Waals surface area contributed by atoms with Gasteiger partial charge in [0.2, 0.25) is 0 Å². The van der Waals surface area contributed by atoms with Crippen molar-refractivity contribution in [2.45, 2.75) is 70.7 Å². The van der Waals surface area contributed by atoms with Gasteiger partial charge in [-0.05, 0) is 47.6 Å². The molecule has 4 rings (SSSR count). The maximum atomic E-state index is 13.7. The van der Waals surface area contributed by atoms with E-state index in [1.807, 2.05) is 50.4 Å². The standard InChI is InChI=1S/C31H38N2O4SSi/c1-23(2)37-29(35)26-20-31(6,33(22-32-26)28(34)27-18-13-19-38-27)21-36-39(30(3,4)5,24-14-9-7-10-15-24)25-16-11-8-12-17-25/h7-19,22-23,26H,20-21H2,1-6H3/t26-,31-/m0/s1. The first kappa shape index (κ1) is 28.9. The quantitative estimate of drug-likeness (QED) is 0.277. The first-order valence-electron chi connectivity index (χ1n) is 13.3. The number of benzene rings is 2. The number of carbonyl (C=O) groups excluding carboxylic acids is 2. The number of ether oxygens (including phenoxy) is 1. The van der Waals surface area contributed by atoms with E-state index in [9.17, 15) is 9.59 Å². The Morgan fingerprint density at radius 3 is 2.10 bits per heavy atom. The van der Waals surface area contributed by atoms with Crippen molar-refractivity contribution < 1.29 is 18.8 Å². The Hall–Kier alpha value is -3.07. The zero-order valence-corrected chi connectivity index (χ0v) is 25.4. The fraction of sp³-hybridized carbons (Fsp3) is 0.387. The molecule has 0 aliphatic carbocycles. The summed E-state index contributed by atoms with van der Waals surface area (Å²) in [7, 11) is -2.88. The minimum absolute atomic E-state index is 0.155. The Kier molecular flexibility index (Phi) is 8.59. The zero-order valence-electron chi connectivity index (χ0n) is 23.6. The van der Waals surface area contributed by atoms with Crippen molar-refractivity contribution >= 4 is 48.2 Å². The molecule has 3 aromatic rings. The van der Waals surface area contributed by atoms with Gasteiger partial charge < -0.3 is 9.16 Å². The van der Waals surface area contributed by atoms with Gasteiger partial charge in [-0.15, -0.1) is 11.3 Å². The number of rotatable bonds is 8. The molecule has 39 heavy (non-hydrogen) atoms. The van der Waals surface area contributed by atoms with E-state index in [-0.39, 0.29) is 29.6 Å². The molecule has 0 fully saturated rings. The molecule has 2 atom stereocenters. The SMILES string of the molecule is CC(C)OC(=O)[C@@H]1C[C@@](C)(CO[Si](c2ccccc2)(c2ccccc2)C(C)(C)C)N(C(=O)c2cccs2)C=N1. The van der Waals surface area contributed by atoms with Crippen LogP contribution in [0.1, 0.15) is 57.6 Å². The summed E-state index contributed by atoms with van der Waals surface area (Å²) >= 11 is 1.39. The van der Waals surface area contributed by atoms with Gasteiger partial charge >= 0.3 is 5.97 Å². The van der Waals surface area contributed by atoms with Gasteiger partial charge in [0.25, 0.3) is 14.2 Å². The Balaban J connectivity index is 1.78. The van der Waals surface area contributed by atoms with Crippen LogP contribution in [0.3, 0.4) is 0 Å². The van der Waals surface area contributed by atoms with E-state index in [1.165, 1.54) is 17.7 Å². The summed E-state index contributed by atoms with van der Waals surface area (Å²) in [5.74, 6) is -0.542. The monoisotopic (exact) mass is 562 g/mol. The molecule has 1 amide bonds. The summed E-state index contributed by atoms with van der Waals surface area (Å²) in [5, 5.41) is 3.97. The van der Waals surface area contributed by atoms with Crippen LogP contribution < -0.4 is 10.4 Å². The lowest BCUT2D eigenvalue weighted by molar-refractivity contribution is -0.150. The summed E-state index contributed by atoms with van der Waals surface area (Å²) in [6.45, 7) is 12.5. The van der Waals surface area contributed by atoms with E-state index in [4.69, 9.17) is 9.16 Å². The Labute approximate surface area is 236 Å². The summed E-state index contributed by atoms with van der Waals surface area (Å²) in [6, 6.07) is 23.8. The van der Waals surface area contributed by atoms with Gasteiger partial charge in [-0.2, -0.15) is 0 Å². The smallest absolute Gasteiger partial charge is 0.331 e. The van der Waals surface area contributed by atoms with Crippen LogP contribution in [0.15, 0.2) is 83.2 Å². The molecule has 0 N–H and O–H groups in total. The van der Waals surface area contributed by atoms with Crippen LogP contribution in [0.25, 0.3) is 0 Å². The highest BCUT2D eigenvalue weighted by Gasteiger charge is 2.52.